The number of aryl methyl sites for hydroxylation is 1. The predicted octanol–water partition coefficient (Wildman–Crippen LogP) is 1.30. The van der Waals surface area contributed by atoms with Gasteiger partial charge in [-0.3, -0.25) is 4.79 Å². The van der Waals surface area contributed by atoms with E-state index in [9.17, 15) is 4.79 Å². The largest absolute Gasteiger partial charge is 0.370 e. The van der Waals surface area contributed by atoms with Gasteiger partial charge < -0.3 is 15.1 Å². The van der Waals surface area contributed by atoms with Gasteiger partial charge in [0.15, 0.2) is 0 Å². The van der Waals surface area contributed by atoms with Crippen molar-refractivity contribution in [1.82, 2.24) is 14.9 Å². The van der Waals surface area contributed by atoms with Gasteiger partial charge in [-0.05, 0) is 13.8 Å². The van der Waals surface area contributed by atoms with E-state index in [0.717, 1.165) is 36.0 Å². The minimum absolute atomic E-state index is 0.0496. The summed E-state index contributed by atoms with van der Waals surface area (Å²) in [6, 6.07) is 0. The number of hydrogen-bond donors (Lipinski definition) is 1. The molecule has 0 fully saturated rings. The Morgan fingerprint density at radius 1 is 1.20 bits per heavy atom. The zero-order chi connectivity index (χ0) is 15.3. The summed E-state index contributed by atoms with van der Waals surface area (Å²) in [5, 5.41) is 3.25. The van der Waals surface area contributed by atoms with E-state index in [2.05, 4.69) is 15.3 Å². The van der Waals surface area contributed by atoms with Gasteiger partial charge >= 0.3 is 0 Å². The Hall–Kier alpha value is -1.85. The summed E-state index contributed by atoms with van der Waals surface area (Å²) in [5.74, 6) is 2.49. The van der Waals surface area contributed by atoms with E-state index in [4.69, 9.17) is 0 Å². The second-order valence-electron chi connectivity index (χ2n) is 4.97. The molecule has 1 amide bonds. The third-order valence-corrected chi connectivity index (χ3v) is 3.06. The smallest absolute Gasteiger partial charge is 0.241 e. The number of rotatable bonds is 6. The van der Waals surface area contributed by atoms with Crippen molar-refractivity contribution in [2.45, 2.75) is 27.2 Å². The minimum Gasteiger partial charge on any atom is -0.370 e. The molecule has 1 aromatic rings. The lowest BCUT2D eigenvalue weighted by Gasteiger charge is -2.23. The maximum atomic E-state index is 11.8. The number of likely N-dealkylation sites (N-methyl/N-ethyl adjacent to an activating group) is 2. The Labute approximate surface area is 121 Å². The van der Waals surface area contributed by atoms with Crippen LogP contribution in [0.15, 0.2) is 0 Å². The molecule has 1 rings (SSSR count). The Morgan fingerprint density at radius 3 is 2.35 bits per heavy atom. The first-order chi connectivity index (χ1) is 9.40. The monoisotopic (exact) mass is 279 g/mol. The van der Waals surface area contributed by atoms with Gasteiger partial charge in [0, 0.05) is 39.7 Å². The number of aromatic nitrogens is 2. The van der Waals surface area contributed by atoms with Crippen LogP contribution in [-0.2, 0) is 11.2 Å². The fraction of sp³-hybridized carbons (Fsp3) is 0.643. The third kappa shape index (κ3) is 3.82. The van der Waals surface area contributed by atoms with Gasteiger partial charge in [-0.15, -0.1) is 0 Å². The molecule has 0 atom stereocenters. The van der Waals surface area contributed by atoms with Gasteiger partial charge in [-0.1, -0.05) is 6.92 Å². The number of amides is 1. The van der Waals surface area contributed by atoms with Crippen LogP contribution < -0.4 is 10.2 Å². The summed E-state index contributed by atoms with van der Waals surface area (Å²) in [6.07, 6.45) is 0.765. The maximum absolute atomic E-state index is 11.8. The van der Waals surface area contributed by atoms with Gasteiger partial charge in [-0.2, -0.15) is 0 Å². The van der Waals surface area contributed by atoms with Crippen LogP contribution in [0.3, 0.4) is 0 Å². The number of anilines is 2. The van der Waals surface area contributed by atoms with Gasteiger partial charge in [0.2, 0.25) is 5.91 Å². The van der Waals surface area contributed by atoms with Gasteiger partial charge in [0.25, 0.3) is 0 Å². The molecular formula is C14H25N5O. The topological polar surface area (TPSA) is 61.4 Å². The van der Waals surface area contributed by atoms with E-state index in [1.54, 1.807) is 19.0 Å². The first kappa shape index (κ1) is 16.2. The summed E-state index contributed by atoms with van der Waals surface area (Å²) in [5.41, 5.74) is 0.970. The van der Waals surface area contributed by atoms with Crippen molar-refractivity contribution in [1.29, 1.82) is 0 Å². The molecule has 0 aromatic carbocycles. The van der Waals surface area contributed by atoms with E-state index < -0.39 is 0 Å². The number of hydrogen-bond acceptors (Lipinski definition) is 5. The number of carbonyl (C=O) groups is 1. The zero-order valence-corrected chi connectivity index (χ0v) is 13.3. The van der Waals surface area contributed by atoms with Gasteiger partial charge in [0.05, 0.1) is 6.54 Å². The van der Waals surface area contributed by atoms with Gasteiger partial charge in [0.1, 0.15) is 17.5 Å². The maximum Gasteiger partial charge on any atom is 0.241 e. The van der Waals surface area contributed by atoms with Crippen molar-refractivity contribution in [3.8, 4) is 0 Å². The van der Waals surface area contributed by atoms with E-state index in [1.807, 2.05) is 32.7 Å². The summed E-state index contributed by atoms with van der Waals surface area (Å²) in [6.45, 7) is 7.14. The van der Waals surface area contributed by atoms with Gasteiger partial charge in [-0.25, -0.2) is 9.97 Å². The van der Waals surface area contributed by atoms with E-state index in [1.165, 1.54) is 0 Å². The standard InChI is InChI=1S/C14H25N5O/c1-7-11-16-13(15-8-2)10(3)14(17-11)19(6)9-12(20)18(4)5/h7-9H2,1-6H3,(H,15,16,17). The summed E-state index contributed by atoms with van der Waals surface area (Å²) < 4.78 is 0. The average Bonchev–Trinajstić information content (AvgIpc) is 2.40. The normalized spacial score (nSPS) is 10.3. The van der Waals surface area contributed by atoms with Crippen LogP contribution in [0.4, 0.5) is 11.6 Å². The number of nitrogens with one attached hydrogen (secondary N) is 1. The highest BCUT2D eigenvalue weighted by atomic mass is 16.2. The van der Waals surface area contributed by atoms with Crippen molar-refractivity contribution >= 4 is 17.5 Å². The average molecular weight is 279 g/mol. The molecule has 0 bridgehead atoms. The molecule has 0 radical (unpaired) electrons. The lowest BCUT2D eigenvalue weighted by Crippen LogP contribution is -2.35. The minimum atomic E-state index is 0.0496. The lowest BCUT2D eigenvalue weighted by molar-refractivity contribution is -0.127. The highest BCUT2D eigenvalue weighted by Gasteiger charge is 2.16. The second kappa shape index (κ2) is 7.07. The first-order valence-electron chi connectivity index (χ1n) is 6.93. The van der Waals surface area contributed by atoms with Crippen molar-refractivity contribution in [3.63, 3.8) is 0 Å². The molecule has 0 aliphatic rings. The summed E-state index contributed by atoms with van der Waals surface area (Å²) in [4.78, 5) is 24.3. The molecule has 112 valence electrons. The second-order valence-corrected chi connectivity index (χ2v) is 4.97. The highest BCUT2D eigenvalue weighted by molar-refractivity contribution is 5.81. The van der Waals surface area contributed by atoms with Crippen molar-refractivity contribution in [3.05, 3.63) is 11.4 Å². The Kier molecular flexibility index (Phi) is 5.73. The van der Waals surface area contributed by atoms with Crippen molar-refractivity contribution in [2.75, 3.05) is 44.4 Å². The molecule has 1 heterocycles. The van der Waals surface area contributed by atoms with Crippen LogP contribution in [0.1, 0.15) is 25.2 Å². The molecule has 1 aromatic heterocycles. The lowest BCUT2D eigenvalue weighted by atomic mass is 10.2. The molecule has 0 aliphatic heterocycles. The van der Waals surface area contributed by atoms with Crippen LogP contribution >= 0.6 is 0 Å². The SMILES string of the molecule is CCNc1nc(CC)nc(N(C)CC(=O)N(C)C)c1C. The Balaban J connectivity index is 3.09. The molecule has 0 aliphatic carbocycles. The van der Waals surface area contributed by atoms with Crippen molar-refractivity contribution in [2.24, 2.45) is 0 Å². The summed E-state index contributed by atoms with van der Waals surface area (Å²) in [7, 11) is 5.39. The van der Waals surface area contributed by atoms with E-state index in [-0.39, 0.29) is 5.91 Å². The zero-order valence-electron chi connectivity index (χ0n) is 13.3. The molecule has 6 nitrogen and oxygen atoms in total. The molecule has 0 saturated heterocycles. The fourth-order valence-corrected chi connectivity index (χ4v) is 1.84. The van der Waals surface area contributed by atoms with Crippen molar-refractivity contribution < 1.29 is 4.79 Å². The Morgan fingerprint density at radius 2 is 1.85 bits per heavy atom. The quantitative estimate of drug-likeness (QED) is 0.850. The van der Waals surface area contributed by atoms with Crippen LogP contribution in [0.5, 0.6) is 0 Å². The number of nitrogens with zero attached hydrogens (tertiary/aromatic N) is 4. The molecule has 1 N–H and O–H groups in total. The fourth-order valence-electron chi connectivity index (χ4n) is 1.84. The third-order valence-electron chi connectivity index (χ3n) is 3.06. The van der Waals surface area contributed by atoms with E-state index >= 15 is 0 Å². The van der Waals surface area contributed by atoms with Crippen LogP contribution in [0.25, 0.3) is 0 Å². The van der Waals surface area contributed by atoms with Crippen LogP contribution in [0.2, 0.25) is 0 Å². The number of carbonyl (C=O) groups excluding carboxylic acids is 1. The Bertz CT molecular complexity index is 473. The molecule has 20 heavy (non-hydrogen) atoms. The highest BCUT2D eigenvalue weighted by Crippen LogP contribution is 2.22. The predicted molar refractivity (Wildman–Crippen MR) is 82.3 cm³/mol. The molecule has 0 spiro atoms. The molecule has 6 heteroatoms. The molecule has 0 saturated carbocycles. The van der Waals surface area contributed by atoms with E-state index in [0.29, 0.717) is 6.54 Å². The summed E-state index contributed by atoms with van der Waals surface area (Å²) >= 11 is 0. The molecule has 0 unspecified atom stereocenters. The first-order valence-corrected chi connectivity index (χ1v) is 6.93. The molecular weight excluding hydrogens is 254 g/mol. The van der Waals surface area contributed by atoms with Crippen LogP contribution in [-0.4, -0.2) is 55.0 Å². The van der Waals surface area contributed by atoms with Crippen LogP contribution in [0, 0.1) is 6.92 Å².